The largest absolute Gasteiger partial charge is 0.427 e. The monoisotopic (exact) mass is 167 g/mol. The van der Waals surface area contributed by atoms with Crippen LogP contribution in [0.15, 0.2) is 6.20 Å². The molecule has 1 nitrogen and oxygen atoms in total. The average Bonchev–Trinajstić information content (AvgIpc) is 2.11. The van der Waals surface area contributed by atoms with Gasteiger partial charge in [0.1, 0.15) is 4.88 Å². The lowest BCUT2D eigenvalue weighted by Crippen LogP contribution is -2.02. The Balaban J connectivity index is 3.05. The Morgan fingerprint density at radius 2 is 2.10 bits per heavy atom. The number of aryl methyl sites for hydroxylation is 1. The standard InChI is InChI=1S/C5H4F3NS/c1-3-2-9-10-4(3)5(6,7)8/h2H,1H3. The zero-order valence-corrected chi connectivity index (χ0v) is 5.88. The molecule has 0 unspecified atom stereocenters. The van der Waals surface area contributed by atoms with Crippen molar-refractivity contribution in [2.24, 2.45) is 0 Å². The lowest BCUT2D eigenvalue weighted by Gasteiger charge is -2.01. The van der Waals surface area contributed by atoms with Crippen LogP contribution in [0.5, 0.6) is 0 Å². The van der Waals surface area contributed by atoms with Crippen molar-refractivity contribution in [2.75, 3.05) is 0 Å². The van der Waals surface area contributed by atoms with E-state index in [1.54, 1.807) is 0 Å². The second-order valence-corrected chi connectivity index (χ2v) is 2.64. The molecule has 0 aliphatic carbocycles. The predicted octanol–water partition coefficient (Wildman–Crippen LogP) is 2.47. The molecule has 1 aromatic rings. The average molecular weight is 167 g/mol. The minimum atomic E-state index is -4.23. The van der Waals surface area contributed by atoms with Crippen molar-refractivity contribution in [3.63, 3.8) is 0 Å². The van der Waals surface area contributed by atoms with Crippen LogP contribution >= 0.6 is 11.5 Å². The summed E-state index contributed by atoms with van der Waals surface area (Å²) >= 11 is 0.481. The van der Waals surface area contributed by atoms with Crippen LogP contribution in [-0.4, -0.2) is 4.37 Å². The van der Waals surface area contributed by atoms with Crippen LogP contribution in [0.2, 0.25) is 0 Å². The second-order valence-electron chi connectivity index (χ2n) is 1.84. The highest BCUT2D eigenvalue weighted by Crippen LogP contribution is 2.33. The van der Waals surface area contributed by atoms with Crippen LogP contribution in [0, 0.1) is 6.92 Å². The van der Waals surface area contributed by atoms with E-state index in [1.165, 1.54) is 13.1 Å². The number of rotatable bonds is 0. The Morgan fingerprint density at radius 3 is 2.30 bits per heavy atom. The fourth-order valence-electron chi connectivity index (χ4n) is 0.564. The van der Waals surface area contributed by atoms with Crippen molar-refractivity contribution >= 4 is 11.5 Å². The number of aromatic nitrogens is 1. The van der Waals surface area contributed by atoms with Gasteiger partial charge in [-0.1, -0.05) is 0 Å². The van der Waals surface area contributed by atoms with Crippen LogP contribution in [0.1, 0.15) is 10.4 Å². The summed E-state index contributed by atoms with van der Waals surface area (Å²) in [4.78, 5) is -0.604. The molecule has 0 N–H and O–H groups in total. The highest BCUT2D eigenvalue weighted by molar-refractivity contribution is 7.06. The molecule has 1 rings (SSSR count). The van der Waals surface area contributed by atoms with Gasteiger partial charge < -0.3 is 0 Å². The molecule has 0 radical (unpaired) electrons. The highest BCUT2D eigenvalue weighted by Gasteiger charge is 2.34. The summed E-state index contributed by atoms with van der Waals surface area (Å²) in [5.74, 6) is 0. The Hall–Kier alpha value is -0.580. The minimum Gasteiger partial charge on any atom is -0.200 e. The molecule has 0 aliphatic heterocycles. The van der Waals surface area contributed by atoms with Crippen molar-refractivity contribution in [1.82, 2.24) is 4.37 Å². The van der Waals surface area contributed by atoms with Gasteiger partial charge >= 0.3 is 6.18 Å². The first-order valence-electron chi connectivity index (χ1n) is 2.50. The van der Waals surface area contributed by atoms with E-state index < -0.39 is 11.1 Å². The molecular weight excluding hydrogens is 163 g/mol. The molecule has 1 heterocycles. The van der Waals surface area contributed by atoms with Crippen molar-refractivity contribution < 1.29 is 13.2 Å². The first-order chi connectivity index (χ1) is 4.52. The third-order valence-corrected chi connectivity index (χ3v) is 1.95. The Morgan fingerprint density at radius 1 is 1.50 bits per heavy atom. The molecule has 1 aromatic heterocycles. The van der Waals surface area contributed by atoms with E-state index >= 15 is 0 Å². The summed E-state index contributed by atoms with van der Waals surface area (Å²) in [6.45, 7) is 1.40. The van der Waals surface area contributed by atoms with Crippen LogP contribution in [0.3, 0.4) is 0 Å². The Kier molecular flexibility index (Phi) is 1.68. The number of halogens is 3. The van der Waals surface area contributed by atoms with Gasteiger partial charge in [0.2, 0.25) is 0 Å². The van der Waals surface area contributed by atoms with Gasteiger partial charge in [0.05, 0.1) is 0 Å². The summed E-state index contributed by atoms with van der Waals surface area (Å²) < 4.78 is 39.0. The molecule has 0 aliphatic rings. The molecule has 56 valence electrons. The fourth-order valence-corrected chi connectivity index (χ4v) is 1.18. The second kappa shape index (κ2) is 2.23. The fraction of sp³-hybridized carbons (Fsp3) is 0.400. The van der Waals surface area contributed by atoms with Gasteiger partial charge in [0, 0.05) is 6.20 Å². The molecule has 5 heteroatoms. The highest BCUT2D eigenvalue weighted by atomic mass is 32.1. The van der Waals surface area contributed by atoms with Crippen LogP contribution in [0.4, 0.5) is 13.2 Å². The Labute approximate surface area is 59.7 Å². The number of alkyl halides is 3. The summed E-state index contributed by atoms with van der Waals surface area (Å²) in [6, 6.07) is 0. The van der Waals surface area contributed by atoms with Crippen LogP contribution in [-0.2, 0) is 6.18 Å². The van der Waals surface area contributed by atoms with Gasteiger partial charge in [-0.15, -0.1) is 0 Å². The summed E-state index contributed by atoms with van der Waals surface area (Å²) in [6.07, 6.45) is -3.02. The van der Waals surface area contributed by atoms with E-state index in [0.717, 1.165) is 0 Å². The number of nitrogens with zero attached hydrogens (tertiary/aromatic N) is 1. The van der Waals surface area contributed by atoms with Gasteiger partial charge in [-0.3, -0.25) is 0 Å². The van der Waals surface area contributed by atoms with Gasteiger partial charge in [-0.25, -0.2) is 4.37 Å². The summed E-state index contributed by atoms with van der Waals surface area (Å²) in [5, 5.41) is 0. The summed E-state index contributed by atoms with van der Waals surface area (Å²) in [5.41, 5.74) is 0.192. The van der Waals surface area contributed by atoms with E-state index in [0.29, 0.717) is 11.5 Å². The molecule has 0 saturated carbocycles. The quantitative estimate of drug-likeness (QED) is 0.578. The molecule has 0 atom stereocenters. The van der Waals surface area contributed by atoms with E-state index in [-0.39, 0.29) is 5.56 Å². The predicted molar refractivity (Wildman–Crippen MR) is 31.9 cm³/mol. The molecule has 0 fully saturated rings. The normalized spacial score (nSPS) is 12.0. The van der Waals surface area contributed by atoms with Gasteiger partial charge in [-0.2, -0.15) is 13.2 Å². The smallest absolute Gasteiger partial charge is 0.200 e. The van der Waals surface area contributed by atoms with Crippen LogP contribution in [0.25, 0.3) is 0 Å². The lowest BCUT2D eigenvalue weighted by molar-refractivity contribution is -0.134. The zero-order valence-electron chi connectivity index (χ0n) is 5.07. The van der Waals surface area contributed by atoms with Gasteiger partial charge in [-0.05, 0) is 24.0 Å². The first-order valence-corrected chi connectivity index (χ1v) is 3.27. The topological polar surface area (TPSA) is 12.9 Å². The third kappa shape index (κ3) is 1.29. The molecule has 0 aromatic carbocycles. The Bertz CT molecular complexity index is 227. The maximum atomic E-state index is 11.9. The zero-order chi connectivity index (χ0) is 7.78. The van der Waals surface area contributed by atoms with Crippen LogP contribution < -0.4 is 0 Å². The van der Waals surface area contributed by atoms with E-state index in [2.05, 4.69) is 4.37 Å². The van der Waals surface area contributed by atoms with Crippen molar-refractivity contribution in [3.05, 3.63) is 16.6 Å². The molecule has 0 saturated heterocycles. The summed E-state index contributed by atoms with van der Waals surface area (Å²) in [7, 11) is 0. The van der Waals surface area contributed by atoms with Crippen molar-refractivity contribution in [3.8, 4) is 0 Å². The van der Waals surface area contributed by atoms with Crippen molar-refractivity contribution in [1.29, 1.82) is 0 Å². The molecule has 0 spiro atoms. The van der Waals surface area contributed by atoms with E-state index in [4.69, 9.17) is 0 Å². The maximum Gasteiger partial charge on any atom is 0.427 e. The molecule has 10 heavy (non-hydrogen) atoms. The molecule has 0 amide bonds. The SMILES string of the molecule is Cc1cnsc1C(F)(F)F. The van der Waals surface area contributed by atoms with Crippen molar-refractivity contribution in [2.45, 2.75) is 13.1 Å². The van der Waals surface area contributed by atoms with E-state index in [1.807, 2.05) is 0 Å². The molecular formula is C5H4F3NS. The molecule has 0 bridgehead atoms. The lowest BCUT2D eigenvalue weighted by atomic mass is 10.3. The van der Waals surface area contributed by atoms with Gasteiger partial charge in [0.15, 0.2) is 0 Å². The number of hydrogen-bond acceptors (Lipinski definition) is 2. The van der Waals surface area contributed by atoms with E-state index in [9.17, 15) is 13.2 Å². The first kappa shape index (κ1) is 7.53. The number of hydrogen-bond donors (Lipinski definition) is 0. The maximum absolute atomic E-state index is 11.9. The minimum absolute atomic E-state index is 0.192. The third-order valence-electron chi connectivity index (χ3n) is 1.01. The van der Waals surface area contributed by atoms with Gasteiger partial charge in [0.25, 0.3) is 0 Å².